The van der Waals surface area contributed by atoms with Crippen LogP contribution in [0.3, 0.4) is 0 Å². The molecule has 0 aliphatic carbocycles. The van der Waals surface area contributed by atoms with E-state index in [0.717, 1.165) is 70.5 Å². The van der Waals surface area contributed by atoms with Crippen LogP contribution in [-0.4, -0.2) is 115 Å². The molecule has 3 aliphatic heterocycles. The molecule has 6 heteroatoms. The van der Waals surface area contributed by atoms with E-state index >= 15 is 0 Å². The van der Waals surface area contributed by atoms with Gasteiger partial charge in [0, 0.05) is 83.6 Å². The summed E-state index contributed by atoms with van der Waals surface area (Å²) in [6, 6.07) is 0.681. The molecule has 0 atom stereocenters. The van der Waals surface area contributed by atoms with Gasteiger partial charge in [-0.15, -0.1) is 0 Å². The molecule has 3 heterocycles. The Balaban J connectivity index is 0.00000166. The minimum absolute atomic E-state index is 0.345. The Bertz CT molecular complexity index is 528. The fourth-order valence-corrected chi connectivity index (χ4v) is 4.96. The second-order valence-corrected chi connectivity index (χ2v) is 9.57. The van der Waals surface area contributed by atoms with Crippen LogP contribution in [-0.2, 0) is 4.79 Å². The van der Waals surface area contributed by atoms with Crippen LogP contribution < -0.4 is 0 Å². The van der Waals surface area contributed by atoms with E-state index in [-0.39, 0.29) is 0 Å². The number of piperazine rings is 2. The monoisotopic (exact) mass is 435 g/mol. The highest BCUT2D eigenvalue weighted by Crippen LogP contribution is 2.20. The second-order valence-electron chi connectivity index (χ2n) is 9.57. The van der Waals surface area contributed by atoms with E-state index in [9.17, 15) is 4.79 Å². The van der Waals surface area contributed by atoms with Gasteiger partial charge in [-0.2, -0.15) is 0 Å². The molecule has 180 valence electrons. The molecule has 3 rings (SSSR count). The summed E-state index contributed by atoms with van der Waals surface area (Å²) >= 11 is 0. The number of carbonyl (C=O) groups excluding carboxylic acids is 1. The van der Waals surface area contributed by atoms with Crippen LogP contribution in [0.25, 0.3) is 0 Å². The molecule has 3 saturated heterocycles. The van der Waals surface area contributed by atoms with E-state index in [1.807, 2.05) is 13.8 Å². The fraction of sp³-hybridized carbons (Fsp3) is 0.880. The average Bonchev–Trinajstić information content (AvgIpc) is 2.80. The molecule has 0 aromatic carbocycles. The van der Waals surface area contributed by atoms with Gasteiger partial charge in [0.1, 0.15) is 0 Å². The van der Waals surface area contributed by atoms with Gasteiger partial charge in [0.15, 0.2) is 0 Å². The maximum atomic E-state index is 12.7. The van der Waals surface area contributed by atoms with E-state index in [1.54, 1.807) is 0 Å². The number of likely N-dealkylation sites (tertiary alicyclic amines) is 1. The predicted molar refractivity (Wildman–Crippen MR) is 131 cm³/mol. The highest BCUT2D eigenvalue weighted by molar-refractivity contribution is 5.76. The third-order valence-electron chi connectivity index (χ3n) is 7.17. The second kappa shape index (κ2) is 13.4. The topological polar surface area (TPSA) is 33.3 Å². The van der Waals surface area contributed by atoms with Crippen molar-refractivity contribution >= 4 is 5.91 Å². The molecule has 3 fully saturated rings. The van der Waals surface area contributed by atoms with Crippen molar-refractivity contribution in [3.8, 4) is 0 Å². The maximum absolute atomic E-state index is 12.7. The minimum Gasteiger partial charge on any atom is -0.373 e. The summed E-state index contributed by atoms with van der Waals surface area (Å²) in [6.07, 6.45) is 3.33. The van der Waals surface area contributed by atoms with E-state index in [0.29, 0.717) is 18.4 Å². The van der Waals surface area contributed by atoms with Crippen LogP contribution in [0.15, 0.2) is 12.3 Å². The largest absolute Gasteiger partial charge is 0.373 e. The zero-order valence-corrected chi connectivity index (χ0v) is 21.1. The number of hydrogen-bond acceptors (Lipinski definition) is 5. The first-order valence-electron chi connectivity index (χ1n) is 12.8. The van der Waals surface area contributed by atoms with Crippen LogP contribution in [0.5, 0.6) is 0 Å². The lowest BCUT2D eigenvalue weighted by molar-refractivity contribution is -0.133. The summed E-state index contributed by atoms with van der Waals surface area (Å²) in [5.74, 6) is 1.18. The first-order valence-corrected chi connectivity index (χ1v) is 12.8. The molecular weight excluding hydrogens is 386 g/mol. The Kier molecular flexibility index (Phi) is 11.3. The van der Waals surface area contributed by atoms with Gasteiger partial charge >= 0.3 is 0 Å². The van der Waals surface area contributed by atoms with E-state index < -0.39 is 0 Å². The lowest BCUT2D eigenvalue weighted by Gasteiger charge is -2.40. The number of allylic oxidation sites excluding steroid dienone is 1. The zero-order chi connectivity index (χ0) is 22.8. The third kappa shape index (κ3) is 8.39. The first kappa shape index (κ1) is 26.1. The highest BCUT2D eigenvalue weighted by atomic mass is 16.2. The molecule has 0 bridgehead atoms. The number of carbonyl (C=O) groups is 1. The van der Waals surface area contributed by atoms with Crippen LogP contribution >= 0.6 is 0 Å². The van der Waals surface area contributed by atoms with Crippen molar-refractivity contribution < 1.29 is 4.79 Å². The number of nitrogens with zero attached hydrogens (tertiary/aromatic N) is 5. The summed E-state index contributed by atoms with van der Waals surface area (Å²) in [5, 5.41) is 0. The van der Waals surface area contributed by atoms with Crippen molar-refractivity contribution in [2.75, 3.05) is 78.5 Å². The Labute approximate surface area is 192 Å². The Morgan fingerprint density at radius 3 is 1.87 bits per heavy atom. The van der Waals surface area contributed by atoms with Gasteiger partial charge in [-0.05, 0) is 52.6 Å². The summed E-state index contributed by atoms with van der Waals surface area (Å²) in [6.45, 7) is 27.4. The van der Waals surface area contributed by atoms with Gasteiger partial charge in [0.2, 0.25) is 5.91 Å². The molecule has 1 amide bonds. The van der Waals surface area contributed by atoms with E-state index in [4.69, 9.17) is 0 Å². The van der Waals surface area contributed by atoms with Crippen molar-refractivity contribution in [1.82, 2.24) is 24.5 Å². The van der Waals surface area contributed by atoms with Gasteiger partial charge in [0.25, 0.3) is 0 Å². The van der Waals surface area contributed by atoms with Crippen molar-refractivity contribution in [3.63, 3.8) is 0 Å². The normalized spacial score (nSPS) is 22.4. The first-order chi connectivity index (χ1) is 14.9. The number of amides is 1. The predicted octanol–water partition coefficient (Wildman–Crippen LogP) is 2.82. The molecule has 0 aromatic heterocycles. The molecule has 31 heavy (non-hydrogen) atoms. The minimum atomic E-state index is 0.345. The number of piperidine rings is 1. The van der Waals surface area contributed by atoms with Crippen molar-refractivity contribution in [1.29, 1.82) is 0 Å². The highest BCUT2D eigenvalue weighted by Gasteiger charge is 2.26. The fourth-order valence-electron chi connectivity index (χ4n) is 4.96. The van der Waals surface area contributed by atoms with Gasteiger partial charge in [-0.25, -0.2) is 0 Å². The number of rotatable bonds is 7. The molecule has 0 saturated carbocycles. The smallest absolute Gasteiger partial charge is 0.223 e. The molecule has 0 spiro atoms. The Morgan fingerprint density at radius 2 is 1.35 bits per heavy atom. The Hall–Kier alpha value is -1.11. The quantitative estimate of drug-likeness (QED) is 0.614. The molecule has 0 N–H and O–H groups in total. The maximum Gasteiger partial charge on any atom is 0.223 e. The summed E-state index contributed by atoms with van der Waals surface area (Å²) < 4.78 is 0. The molecule has 6 nitrogen and oxygen atoms in total. The van der Waals surface area contributed by atoms with Crippen molar-refractivity contribution in [2.45, 2.75) is 59.9 Å². The van der Waals surface area contributed by atoms with Crippen LogP contribution in [0.4, 0.5) is 0 Å². The number of hydrogen-bond donors (Lipinski definition) is 0. The standard InChI is InChI=1S/C23H43N5O.C2H6/c1-20(2)26-9-5-22(6-10-26)19-25-13-17-28(18-14-25)23(29)7-8-24-11-15-27(16-12-24)21(3)4;1-2/h20,22H,3,5-19H2,1-2,4H3;1-2H3. The molecule has 0 radical (unpaired) electrons. The van der Waals surface area contributed by atoms with Crippen LogP contribution in [0.1, 0.15) is 53.9 Å². The van der Waals surface area contributed by atoms with Crippen molar-refractivity contribution in [2.24, 2.45) is 5.92 Å². The molecule has 3 aliphatic rings. The van der Waals surface area contributed by atoms with Crippen LogP contribution in [0.2, 0.25) is 0 Å². The van der Waals surface area contributed by atoms with Crippen molar-refractivity contribution in [3.05, 3.63) is 12.3 Å². The third-order valence-corrected chi connectivity index (χ3v) is 7.17. The molecular formula is C25H49N5O. The Morgan fingerprint density at radius 1 is 0.839 bits per heavy atom. The summed E-state index contributed by atoms with van der Waals surface area (Å²) in [4.78, 5) is 24.7. The average molecular weight is 436 g/mol. The van der Waals surface area contributed by atoms with Crippen LogP contribution in [0, 0.1) is 5.92 Å². The SMILES string of the molecule is C=C(C)N1CCN(CCC(=O)N2CCN(CC3CCN(C(C)C)CC3)CC2)CC1.CC. The van der Waals surface area contributed by atoms with E-state index in [2.05, 4.69) is 51.8 Å². The molecule has 0 unspecified atom stereocenters. The van der Waals surface area contributed by atoms with E-state index in [1.165, 1.54) is 32.5 Å². The summed E-state index contributed by atoms with van der Waals surface area (Å²) in [5.41, 5.74) is 1.16. The van der Waals surface area contributed by atoms with Gasteiger partial charge in [0.05, 0.1) is 0 Å². The molecule has 0 aromatic rings. The zero-order valence-electron chi connectivity index (χ0n) is 21.1. The van der Waals surface area contributed by atoms with Gasteiger partial charge in [-0.1, -0.05) is 20.4 Å². The van der Waals surface area contributed by atoms with Gasteiger partial charge < -0.3 is 14.7 Å². The summed E-state index contributed by atoms with van der Waals surface area (Å²) in [7, 11) is 0. The van der Waals surface area contributed by atoms with Gasteiger partial charge in [-0.3, -0.25) is 14.6 Å². The lowest BCUT2D eigenvalue weighted by atomic mass is 9.95. The lowest BCUT2D eigenvalue weighted by Crippen LogP contribution is -2.51.